The molecule has 1 N–H and O–H groups in total. The van der Waals surface area contributed by atoms with Gasteiger partial charge in [0.25, 0.3) is 0 Å². The number of carbonyl (C=O) groups excluding carboxylic acids is 1. The van der Waals surface area contributed by atoms with Gasteiger partial charge in [-0.3, -0.25) is 4.79 Å². The zero-order chi connectivity index (χ0) is 18.2. The molecule has 0 bridgehead atoms. The van der Waals surface area contributed by atoms with E-state index in [1.807, 2.05) is 24.3 Å². The van der Waals surface area contributed by atoms with Crippen molar-refractivity contribution < 1.29 is 4.79 Å². The summed E-state index contributed by atoms with van der Waals surface area (Å²) >= 11 is 6.00. The molecule has 2 aromatic rings. The van der Waals surface area contributed by atoms with E-state index >= 15 is 0 Å². The Morgan fingerprint density at radius 1 is 1.08 bits per heavy atom. The normalized spacial score (nSPS) is 17.8. The molecule has 1 heterocycles. The predicted octanol–water partition coefficient (Wildman–Crippen LogP) is 4.10. The molecule has 1 atom stereocenters. The van der Waals surface area contributed by atoms with Crippen LogP contribution in [0.1, 0.15) is 30.4 Å². The highest BCUT2D eigenvalue weighted by molar-refractivity contribution is 6.30. The summed E-state index contributed by atoms with van der Waals surface area (Å²) < 4.78 is 0. The summed E-state index contributed by atoms with van der Waals surface area (Å²) in [7, 11) is 0. The van der Waals surface area contributed by atoms with Crippen LogP contribution in [-0.2, 0) is 17.6 Å². The van der Waals surface area contributed by atoms with E-state index in [4.69, 9.17) is 11.6 Å². The standard InChI is InChI=1S/C22H27ClN2O/c23-20-9-4-8-19(16-20)11-12-22(26)24-21-10-5-14-25(17-21)15-13-18-6-2-1-3-7-18/h1-4,6-9,16,21H,5,10-15,17H2,(H,24,26)/t21-/m0/s1. The summed E-state index contributed by atoms with van der Waals surface area (Å²) in [5.74, 6) is 0.139. The van der Waals surface area contributed by atoms with Crippen molar-refractivity contribution in [2.75, 3.05) is 19.6 Å². The van der Waals surface area contributed by atoms with Crippen LogP contribution in [0.25, 0.3) is 0 Å². The smallest absolute Gasteiger partial charge is 0.220 e. The summed E-state index contributed by atoms with van der Waals surface area (Å²) in [6.07, 6.45) is 4.53. The average Bonchev–Trinajstić information content (AvgIpc) is 2.66. The predicted molar refractivity (Wildman–Crippen MR) is 108 cm³/mol. The van der Waals surface area contributed by atoms with Crippen molar-refractivity contribution in [3.63, 3.8) is 0 Å². The maximum Gasteiger partial charge on any atom is 0.220 e. The molecule has 0 saturated carbocycles. The van der Waals surface area contributed by atoms with Gasteiger partial charge in [0.1, 0.15) is 0 Å². The van der Waals surface area contributed by atoms with Crippen LogP contribution in [0.4, 0.5) is 0 Å². The van der Waals surface area contributed by atoms with Crippen molar-refractivity contribution in [2.45, 2.75) is 38.1 Å². The van der Waals surface area contributed by atoms with Crippen LogP contribution in [0.5, 0.6) is 0 Å². The lowest BCUT2D eigenvalue weighted by atomic mass is 10.0. The summed E-state index contributed by atoms with van der Waals surface area (Å²) in [5.41, 5.74) is 2.49. The summed E-state index contributed by atoms with van der Waals surface area (Å²) in [4.78, 5) is 14.8. The molecule has 1 saturated heterocycles. The fraction of sp³-hybridized carbons (Fsp3) is 0.409. The number of piperidine rings is 1. The second-order valence-corrected chi connectivity index (χ2v) is 7.51. The van der Waals surface area contributed by atoms with Crippen LogP contribution < -0.4 is 5.32 Å². The molecule has 26 heavy (non-hydrogen) atoms. The van der Waals surface area contributed by atoms with Gasteiger partial charge in [0.05, 0.1) is 0 Å². The first-order valence-corrected chi connectivity index (χ1v) is 9.87. The molecule has 4 heteroatoms. The maximum absolute atomic E-state index is 12.3. The number of benzene rings is 2. The number of hydrogen-bond acceptors (Lipinski definition) is 2. The van der Waals surface area contributed by atoms with Gasteiger partial charge in [0.15, 0.2) is 0 Å². The lowest BCUT2D eigenvalue weighted by Gasteiger charge is -2.33. The number of likely N-dealkylation sites (tertiary alicyclic amines) is 1. The van der Waals surface area contributed by atoms with Crippen molar-refractivity contribution in [3.05, 3.63) is 70.7 Å². The zero-order valence-electron chi connectivity index (χ0n) is 15.2. The third-order valence-electron chi connectivity index (χ3n) is 4.96. The molecule has 1 aliphatic heterocycles. The Hall–Kier alpha value is -1.84. The Balaban J connectivity index is 1.40. The number of nitrogens with one attached hydrogen (secondary N) is 1. The molecule has 1 amide bonds. The minimum atomic E-state index is 0.139. The molecular weight excluding hydrogens is 344 g/mol. The first-order valence-electron chi connectivity index (χ1n) is 9.49. The van der Waals surface area contributed by atoms with Gasteiger partial charge in [-0.25, -0.2) is 0 Å². The SMILES string of the molecule is O=C(CCc1cccc(Cl)c1)N[C@H]1CCCN(CCc2ccccc2)C1. The topological polar surface area (TPSA) is 32.3 Å². The van der Waals surface area contributed by atoms with Crippen LogP contribution in [-0.4, -0.2) is 36.5 Å². The molecular formula is C22H27ClN2O. The van der Waals surface area contributed by atoms with E-state index in [0.29, 0.717) is 6.42 Å². The first-order chi connectivity index (χ1) is 12.7. The lowest BCUT2D eigenvalue weighted by Crippen LogP contribution is -2.48. The van der Waals surface area contributed by atoms with Crippen LogP contribution in [0.2, 0.25) is 5.02 Å². The quantitative estimate of drug-likeness (QED) is 0.795. The van der Waals surface area contributed by atoms with E-state index in [1.165, 1.54) is 5.56 Å². The van der Waals surface area contributed by atoms with Crippen LogP contribution in [0, 0.1) is 0 Å². The van der Waals surface area contributed by atoms with E-state index in [1.54, 1.807) is 0 Å². The Bertz CT molecular complexity index is 704. The van der Waals surface area contributed by atoms with E-state index < -0.39 is 0 Å². The highest BCUT2D eigenvalue weighted by Crippen LogP contribution is 2.14. The molecule has 0 spiro atoms. The number of halogens is 1. The number of rotatable bonds is 7. The number of hydrogen-bond donors (Lipinski definition) is 1. The van der Waals surface area contributed by atoms with E-state index in [0.717, 1.165) is 55.9 Å². The van der Waals surface area contributed by atoms with Crippen molar-refractivity contribution in [1.82, 2.24) is 10.2 Å². The van der Waals surface area contributed by atoms with Gasteiger partial charge in [0, 0.05) is 30.6 Å². The number of aryl methyl sites for hydroxylation is 1. The fourth-order valence-electron chi connectivity index (χ4n) is 3.56. The number of nitrogens with zero attached hydrogens (tertiary/aromatic N) is 1. The van der Waals surface area contributed by atoms with Crippen molar-refractivity contribution in [1.29, 1.82) is 0 Å². The molecule has 3 rings (SSSR count). The van der Waals surface area contributed by atoms with Crippen LogP contribution >= 0.6 is 11.6 Å². The van der Waals surface area contributed by atoms with Gasteiger partial charge in [-0.15, -0.1) is 0 Å². The molecule has 0 unspecified atom stereocenters. The molecule has 1 fully saturated rings. The van der Waals surface area contributed by atoms with Gasteiger partial charge < -0.3 is 10.2 Å². The van der Waals surface area contributed by atoms with Crippen LogP contribution in [0.3, 0.4) is 0 Å². The van der Waals surface area contributed by atoms with E-state index in [-0.39, 0.29) is 11.9 Å². The maximum atomic E-state index is 12.3. The highest BCUT2D eigenvalue weighted by Gasteiger charge is 2.21. The Morgan fingerprint density at radius 3 is 2.69 bits per heavy atom. The third-order valence-corrected chi connectivity index (χ3v) is 5.20. The van der Waals surface area contributed by atoms with Gasteiger partial charge >= 0.3 is 0 Å². The van der Waals surface area contributed by atoms with E-state index in [2.05, 4.69) is 40.5 Å². The number of amides is 1. The summed E-state index contributed by atoms with van der Waals surface area (Å²) in [6.45, 7) is 3.14. The minimum absolute atomic E-state index is 0.139. The second-order valence-electron chi connectivity index (χ2n) is 7.07. The van der Waals surface area contributed by atoms with E-state index in [9.17, 15) is 4.79 Å². The van der Waals surface area contributed by atoms with Crippen molar-refractivity contribution in [3.8, 4) is 0 Å². The molecule has 138 valence electrons. The monoisotopic (exact) mass is 370 g/mol. The molecule has 3 nitrogen and oxygen atoms in total. The fourth-order valence-corrected chi connectivity index (χ4v) is 3.77. The second kappa shape index (κ2) is 9.75. The van der Waals surface area contributed by atoms with Gasteiger partial charge in [-0.2, -0.15) is 0 Å². The van der Waals surface area contributed by atoms with Gasteiger partial charge in [-0.1, -0.05) is 54.1 Å². The third kappa shape index (κ3) is 6.15. The van der Waals surface area contributed by atoms with Crippen molar-refractivity contribution in [2.24, 2.45) is 0 Å². The molecule has 1 aliphatic rings. The minimum Gasteiger partial charge on any atom is -0.352 e. The molecule has 2 aromatic carbocycles. The Kier molecular flexibility index (Phi) is 7.10. The molecule has 0 aromatic heterocycles. The Morgan fingerprint density at radius 2 is 1.88 bits per heavy atom. The summed E-state index contributed by atoms with van der Waals surface area (Å²) in [6, 6.07) is 18.6. The van der Waals surface area contributed by atoms with Crippen molar-refractivity contribution >= 4 is 17.5 Å². The summed E-state index contributed by atoms with van der Waals surface area (Å²) in [5, 5.41) is 3.94. The zero-order valence-corrected chi connectivity index (χ0v) is 15.9. The van der Waals surface area contributed by atoms with Gasteiger partial charge in [0.2, 0.25) is 5.91 Å². The Labute approximate surface area is 161 Å². The largest absolute Gasteiger partial charge is 0.352 e. The highest BCUT2D eigenvalue weighted by atomic mass is 35.5. The first kappa shape index (κ1) is 18.9. The lowest BCUT2D eigenvalue weighted by molar-refractivity contribution is -0.122. The molecule has 0 radical (unpaired) electrons. The van der Waals surface area contributed by atoms with Crippen LogP contribution in [0.15, 0.2) is 54.6 Å². The average molecular weight is 371 g/mol. The molecule has 0 aliphatic carbocycles. The number of carbonyl (C=O) groups is 1. The van der Waals surface area contributed by atoms with Gasteiger partial charge in [-0.05, 0) is 55.5 Å².